The number of ether oxygens (including phenoxy) is 1. The highest BCUT2D eigenvalue weighted by molar-refractivity contribution is 6.25. The predicted octanol–water partition coefficient (Wildman–Crippen LogP) is 1.54. The van der Waals surface area contributed by atoms with Gasteiger partial charge in [-0.3, -0.25) is 14.4 Å². The fraction of sp³-hybridized carbons (Fsp3) is 0.417. The molecule has 0 fully saturated rings. The number of Topliss-reactive ketones (excluding diaryl/α,β-unsaturated/α-hetero) is 3. The summed E-state index contributed by atoms with van der Waals surface area (Å²) >= 11 is 0. The molecule has 10 nitrogen and oxygen atoms in total. The van der Waals surface area contributed by atoms with Crippen LogP contribution in [-0.4, -0.2) is 70.6 Å². The summed E-state index contributed by atoms with van der Waals surface area (Å²) in [5, 5.41) is 43.5. The molecule has 1 aromatic rings. The normalized spacial score (nSPS) is 26.0. The van der Waals surface area contributed by atoms with Crippen molar-refractivity contribution < 1.29 is 44.3 Å². The average molecular weight is 471 g/mol. The summed E-state index contributed by atoms with van der Waals surface area (Å²) in [6.07, 6.45) is 0.00134. The number of hydrogen-bond donors (Lipinski definition) is 4. The molecule has 3 aliphatic carbocycles. The van der Waals surface area contributed by atoms with E-state index in [1.54, 1.807) is 19.0 Å². The van der Waals surface area contributed by atoms with E-state index in [0.29, 0.717) is 11.3 Å². The van der Waals surface area contributed by atoms with Gasteiger partial charge in [0.25, 0.3) is 0 Å². The Labute approximate surface area is 194 Å². The molecule has 0 amide bonds. The van der Waals surface area contributed by atoms with Gasteiger partial charge in [-0.2, -0.15) is 0 Å². The molecule has 0 aromatic heterocycles. The zero-order chi connectivity index (χ0) is 25.3. The van der Waals surface area contributed by atoms with E-state index in [-0.39, 0.29) is 36.0 Å². The van der Waals surface area contributed by atoms with Gasteiger partial charge in [0, 0.05) is 37.7 Å². The van der Waals surface area contributed by atoms with E-state index in [2.05, 4.69) is 0 Å². The number of rotatable bonds is 3. The van der Waals surface area contributed by atoms with Crippen molar-refractivity contribution in [1.29, 1.82) is 0 Å². The van der Waals surface area contributed by atoms with Crippen molar-refractivity contribution >= 4 is 29.0 Å². The summed E-state index contributed by atoms with van der Waals surface area (Å²) in [6, 6.07) is 1.42. The van der Waals surface area contributed by atoms with Crippen LogP contribution in [0, 0.1) is 11.8 Å². The van der Waals surface area contributed by atoms with Crippen molar-refractivity contribution in [3.63, 3.8) is 0 Å². The van der Waals surface area contributed by atoms with Gasteiger partial charge >= 0.3 is 5.97 Å². The van der Waals surface area contributed by atoms with Gasteiger partial charge in [0.05, 0.1) is 12.7 Å². The standard InChI is InChI=1S/C24H25NO9/c1-9(26)16-15(27)7-11-5-10-6-12-14(25(2)3)8-13(23(32)34-4)19(28)18(12)20(29)17(10)22(31)24(11,33)21(16)30/h8,10-11,27-28,31,33H,5-7H2,1-4H3/t10-,11+,24-/m1/s1. The number of phenols is 1. The molecule has 0 saturated heterocycles. The zero-order valence-electron chi connectivity index (χ0n) is 19.1. The number of fused-ring (bicyclic) bond motifs is 3. The van der Waals surface area contributed by atoms with Gasteiger partial charge in [-0.25, -0.2) is 4.79 Å². The molecule has 0 aliphatic heterocycles. The summed E-state index contributed by atoms with van der Waals surface area (Å²) in [7, 11) is 4.53. The second kappa shape index (κ2) is 7.69. The van der Waals surface area contributed by atoms with Gasteiger partial charge in [-0.15, -0.1) is 0 Å². The third-order valence-electron chi connectivity index (χ3n) is 7.03. The lowest BCUT2D eigenvalue weighted by molar-refractivity contribution is -0.144. The van der Waals surface area contributed by atoms with E-state index < -0.39 is 63.6 Å². The molecular formula is C24H25NO9. The van der Waals surface area contributed by atoms with Crippen LogP contribution >= 0.6 is 0 Å². The van der Waals surface area contributed by atoms with Crippen LogP contribution in [0.25, 0.3) is 0 Å². The predicted molar refractivity (Wildman–Crippen MR) is 118 cm³/mol. The smallest absolute Gasteiger partial charge is 0.341 e. The van der Waals surface area contributed by atoms with Crippen molar-refractivity contribution in [1.82, 2.24) is 0 Å². The lowest BCUT2D eigenvalue weighted by atomic mass is 9.60. The van der Waals surface area contributed by atoms with Crippen molar-refractivity contribution in [2.45, 2.75) is 31.8 Å². The summed E-state index contributed by atoms with van der Waals surface area (Å²) in [6.45, 7) is 1.06. The molecule has 4 rings (SSSR count). The monoisotopic (exact) mass is 471 g/mol. The average Bonchev–Trinajstić information content (AvgIpc) is 2.75. The molecule has 0 heterocycles. The van der Waals surface area contributed by atoms with Gasteiger partial charge in [-0.05, 0) is 37.3 Å². The second-order valence-electron chi connectivity index (χ2n) is 9.13. The summed E-state index contributed by atoms with van der Waals surface area (Å²) < 4.78 is 4.72. The highest BCUT2D eigenvalue weighted by atomic mass is 16.5. The molecule has 3 atom stereocenters. The number of benzene rings is 1. The first-order valence-corrected chi connectivity index (χ1v) is 10.7. The van der Waals surface area contributed by atoms with E-state index in [4.69, 9.17) is 4.74 Å². The molecule has 10 heteroatoms. The lowest BCUT2D eigenvalue weighted by Gasteiger charge is -2.46. The Bertz CT molecular complexity index is 1240. The number of ketones is 3. The minimum Gasteiger partial charge on any atom is -0.511 e. The first-order chi connectivity index (χ1) is 15.9. The number of carbonyl (C=O) groups excluding carboxylic acids is 4. The fourth-order valence-electron chi connectivity index (χ4n) is 5.44. The van der Waals surface area contributed by atoms with Crippen LogP contribution in [0.3, 0.4) is 0 Å². The van der Waals surface area contributed by atoms with Crippen LogP contribution < -0.4 is 4.90 Å². The molecule has 0 saturated carbocycles. The fourth-order valence-corrected chi connectivity index (χ4v) is 5.44. The number of carbonyl (C=O) groups is 4. The number of methoxy groups -OCH3 is 1. The highest BCUT2D eigenvalue weighted by Gasteiger charge is 2.59. The number of allylic oxidation sites excluding steroid dienone is 2. The van der Waals surface area contributed by atoms with Gasteiger partial charge in [0.1, 0.15) is 28.4 Å². The molecule has 0 radical (unpaired) electrons. The summed E-state index contributed by atoms with van der Waals surface area (Å²) in [5.74, 6) is -7.21. The molecule has 34 heavy (non-hydrogen) atoms. The first-order valence-electron chi connectivity index (χ1n) is 10.7. The van der Waals surface area contributed by atoms with Crippen LogP contribution in [0.4, 0.5) is 5.69 Å². The number of aromatic hydroxyl groups is 1. The molecule has 4 N–H and O–H groups in total. The zero-order valence-corrected chi connectivity index (χ0v) is 19.1. The Hall–Kier alpha value is -3.66. The molecule has 0 bridgehead atoms. The largest absolute Gasteiger partial charge is 0.511 e. The van der Waals surface area contributed by atoms with Crippen molar-refractivity contribution in [3.8, 4) is 5.75 Å². The number of phenolic OH excluding ortho intramolecular Hbond substituents is 1. The number of hydrogen-bond acceptors (Lipinski definition) is 10. The number of anilines is 1. The first kappa shape index (κ1) is 23.5. The minimum absolute atomic E-state index is 0.0639. The van der Waals surface area contributed by atoms with E-state index in [0.717, 1.165) is 14.0 Å². The van der Waals surface area contributed by atoms with Crippen LogP contribution in [0.1, 0.15) is 46.0 Å². The van der Waals surface area contributed by atoms with Crippen molar-refractivity contribution in [3.05, 3.63) is 45.4 Å². The highest BCUT2D eigenvalue weighted by Crippen LogP contribution is 2.52. The maximum absolute atomic E-state index is 13.6. The molecule has 3 aliphatic rings. The molecule has 180 valence electrons. The van der Waals surface area contributed by atoms with Gasteiger partial charge in [0.2, 0.25) is 5.78 Å². The second-order valence-corrected chi connectivity index (χ2v) is 9.13. The van der Waals surface area contributed by atoms with E-state index in [1.807, 2.05) is 0 Å². The van der Waals surface area contributed by atoms with Crippen molar-refractivity contribution in [2.75, 3.05) is 26.1 Å². The van der Waals surface area contributed by atoms with E-state index >= 15 is 0 Å². The van der Waals surface area contributed by atoms with Crippen LogP contribution in [-0.2, 0) is 20.7 Å². The van der Waals surface area contributed by atoms with E-state index in [1.165, 1.54) is 6.07 Å². The maximum atomic E-state index is 13.6. The Morgan fingerprint density at radius 1 is 1.15 bits per heavy atom. The Balaban J connectivity index is 1.96. The quantitative estimate of drug-likeness (QED) is 0.376. The Kier molecular flexibility index (Phi) is 5.32. The lowest BCUT2D eigenvalue weighted by Crippen LogP contribution is -2.56. The van der Waals surface area contributed by atoms with Crippen molar-refractivity contribution in [2.24, 2.45) is 11.8 Å². The molecular weight excluding hydrogens is 446 g/mol. The Morgan fingerprint density at radius 3 is 2.35 bits per heavy atom. The minimum atomic E-state index is -2.56. The topological polar surface area (TPSA) is 162 Å². The van der Waals surface area contributed by atoms with Crippen LogP contribution in [0.5, 0.6) is 5.75 Å². The molecule has 0 spiro atoms. The number of nitrogens with zero attached hydrogens (tertiary/aromatic N) is 1. The maximum Gasteiger partial charge on any atom is 0.341 e. The third-order valence-corrected chi connectivity index (χ3v) is 7.03. The number of aliphatic hydroxyl groups is 3. The Morgan fingerprint density at radius 2 is 1.79 bits per heavy atom. The number of aliphatic hydroxyl groups excluding tert-OH is 2. The molecule has 1 aromatic carbocycles. The van der Waals surface area contributed by atoms with Crippen LogP contribution in [0.15, 0.2) is 28.7 Å². The van der Waals surface area contributed by atoms with Gasteiger partial charge < -0.3 is 30.1 Å². The number of esters is 1. The summed E-state index contributed by atoms with van der Waals surface area (Å²) in [4.78, 5) is 52.5. The van der Waals surface area contributed by atoms with Gasteiger partial charge in [0.15, 0.2) is 17.2 Å². The summed E-state index contributed by atoms with van der Waals surface area (Å²) in [5.41, 5.74) is -2.97. The van der Waals surface area contributed by atoms with E-state index in [9.17, 15) is 39.6 Å². The van der Waals surface area contributed by atoms with Crippen LogP contribution in [0.2, 0.25) is 0 Å². The third kappa shape index (κ3) is 2.98. The molecule has 0 unspecified atom stereocenters. The SMILES string of the molecule is COC(=O)c1cc(N(C)C)c2c(c1O)C(=O)C1=C(O)[C@]3(O)C(=O)C(C(C)=O)=C(O)C[C@@H]3C[C@@H]1C2. The van der Waals surface area contributed by atoms with Gasteiger partial charge in [-0.1, -0.05) is 0 Å².